The Kier molecular flexibility index (Phi) is 7.06. The Balaban J connectivity index is 1.80. The lowest BCUT2D eigenvalue weighted by molar-refractivity contribution is -0.118. The van der Waals surface area contributed by atoms with Crippen LogP contribution in [0, 0.1) is 4.77 Å². The van der Waals surface area contributed by atoms with Crippen LogP contribution in [0.3, 0.4) is 0 Å². The van der Waals surface area contributed by atoms with Crippen molar-refractivity contribution in [2.24, 2.45) is 0 Å². The van der Waals surface area contributed by atoms with Crippen LogP contribution in [0.2, 0.25) is 5.02 Å². The third-order valence-corrected chi connectivity index (χ3v) is 6.20. The van der Waals surface area contributed by atoms with E-state index in [0.717, 1.165) is 4.88 Å². The largest absolute Gasteiger partial charge is 0.339 e. The molecule has 0 aliphatic carbocycles. The van der Waals surface area contributed by atoms with Crippen molar-refractivity contribution in [3.63, 3.8) is 0 Å². The van der Waals surface area contributed by atoms with Gasteiger partial charge in [-0.05, 0) is 62.6 Å². The van der Waals surface area contributed by atoms with Gasteiger partial charge in [-0.1, -0.05) is 17.7 Å². The molecular formula is C20H22ClN5O2S2. The van der Waals surface area contributed by atoms with Crippen LogP contribution in [-0.4, -0.2) is 44.6 Å². The fourth-order valence-corrected chi connectivity index (χ4v) is 4.32. The standard InChI is InChI=1S/C20H22ClN5O2S2/c1-4-25(5-2)19(28)14-9-8-13(11-15(14)21)22-18(27)12(3)26-17(23-24-20(26)29)16-7-6-10-30-16/h6-12H,4-5H2,1-3H3,(H,22,27)(H,24,29). The topological polar surface area (TPSA) is 83.0 Å². The Morgan fingerprint density at radius 1 is 1.33 bits per heavy atom. The molecule has 0 saturated heterocycles. The second-order valence-electron chi connectivity index (χ2n) is 6.54. The van der Waals surface area contributed by atoms with E-state index in [4.69, 9.17) is 23.8 Å². The van der Waals surface area contributed by atoms with E-state index >= 15 is 0 Å². The molecule has 2 N–H and O–H groups in total. The summed E-state index contributed by atoms with van der Waals surface area (Å²) in [4.78, 5) is 28.0. The highest BCUT2D eigenvalue weighted by atomic mass is 35.5. The van der Waals surface area contributed by atoms with Crippen LogP contribution in [0.1, 0.15) is 37.2 Å². The Bertz CT molecular complexity index is 1100. The third kappa shape index (κ3) is 4.48. The predicted octanol–water partition coefficient (Wildman–Crippen LogP) is 5.00. The van der Waals surface area contributed by atoms with Crippen molar-refractivity contribution in [2.45, 2.75) is 26.8 Å². The van der Waals surface area contributed by atoms with Gasteiger partial charge in [0.1, 0.15) is 6.04 Å². The summed E-state index contributed by atoms with van der Waals surface area (Å²) in [6, 6.07) is 8.10. The number of hydrogen-bond donors (Lipinski definition) is 2. The van der Waals surface area contributed by atoms with Gasteiger partial charge in [0.25, 0.3) is 5.91 Å². The highest BCUT2D eigenvalue weighted by Crippen LogP contribution is 2.27. The monoisotopic (exact) mass is 463 g/mol. The quantitative estimate of drug-likeness (QED) is 0.483. The molecule has 0 saturated carbocycles. The highest BCUT2D eigenvalue weighted by Gasteiger charge is 2.22. The van der Waals surface area contributed by atoms with Crippen molar-refractivity contribution >= 4 is 52.7 Å². The van der Waals surface area contributed by atoms with Crippen molar-refractivity contribution in [1.82, 2.24) is 19.7 Å². The average Bonchev–Trinajstić information content (AvgIpc) is 3.37. The maximum absolute atomic E-state index is 12.9. The molecule has 2 heterocycles. The lowest BCUT2D eigenvalue weighted by Crippen LogP contribution is -2.30. The SMILES string of the molecule is CCN(CC)C(=O)c1ccc(NC(=O)C(C)n2c(-c3cccs3)n[nH]c2=S)cc1Cl. The fraction of sp³-hybridized carbons (Fsp3) is 0.300. The van der Waals surface area contributed by atoms with E-state index in [1.165, 1.54) is 11.3 Å². The van der Waals surface area contributed by atoms with Crippen LogP contribution in [-0.2, 0) is 4.79 Å². The number of halogens is 1. The summed E-state index contributed by atoms with van der Waals surface area (Å²) in [6.07, 6.45) is 0. The molecule has 0 spiro atoms. The first-order valence-corrected chi connectivity index (χ1v) is 11.1. The van der Waals surface area contributed by atoms with Gasteiger partial charge in [0.05, 0.1) is 15.5 Å². The minimum absolute atomic E-state index is 0.137. The van der Waals surface area contributed by atoms with Gasteiger partial charge in [0.15, 0.2) is 10.6 Å². The normalized spacial score (nSPS) is 11.9. The molecule has 3 rings (SSSR count). The zero-order chi connectivity index (χ0) is 21.8. The number of amides is 2. The van der Waals surface area contributed by atoms with Crippen molar-refractivity contribution < 1.29 is 9.59 Å². The Labute approximate surface area is 188 Å². The van der Waals surface area contributed by atoms with Gasteiger partial charge in [-0.25, -0.2) is 0 Å². The first-order valence-electron chi connectivity index (χ1n) is 9.47. The number of H-pyrrole nitrogens is 1. The van der Waals surface area contributed by atoms with E-state index < -0.39 is 6.04 Å². The highest BCUT2D eigenvalue weighted by molar-refractivity contribution is 7.71. The lowest BCUT2D eigenvalue weighted by Gasteiger charge is -2.20. The molecule has 1 atom stereocenters. The van der Waals surface area contributed by atoms with Crippen LogP contribution < -0.4 is 5.32 Å². The second kappa shape index (κ2) is 9.55. The summed E-state index contributed by atoms with van der Waals surface area (Å²) < 4.78 is 2.04. The molecule has 2 aromatic heterocycles. The van der Waals surface area contributed by atoms with Gasteiger partial charge in [-0.15, -0.1) is 11.3 Å². The van der Waals surface area contributed by atoms with Crippen LogP contribution in [0.5, 0.6) is 0 Å². The van der Waals surface area contributed by atoms with Crippen LogP contribution in [0.4, 0.5) is 5.69 Å². The Morgan fingerprint density at radius 2 is 2.07 bits per heavy atom. The average molecular weight is 464 g/mol. The zero-order valence-corrected chi connectivity index (χ0v) is 19.2. The number of benzene rings is 1. The lowest BCUT2D eigenvalue weighted by atomic mass is 10.1. The number of anilines is 1. The van der Waals surface area contributed by atoms with Crippen LogP contribution >= 0.6 is 35.2 Å². The molecule has 0 fully saturated rings. The molecule has 0 radical (unpaired) electrons. The summed E-state index contributed by atoms with van der Waals surface area (Å²) in [5.41, 5.74) is 0.907. The molecule has 0 aliphatic rings. The Hall–Kier alpha value is -2.49. The first-order chi connectivity index (χ1) is 14.4. The molecule has 3 aromatic rings. The van der Waals surface area contributed by atoms with E-state index in [1.807, 2.05) is 31.4 Å². The summed E-state index contributed by atoms with van der Waals surface area (Å²) in [7, 11) is 0. The number of aromatic amines is 1. The van der Waals surface area contributed by atoms with Gasteiger partial charge in [-0.2, -0.15) is 5.10 Å². The molecule has 0 bridgehead atoms. The van der Waals surface area contributed by atoms with E-state index in [0.29, 0.717) is 34.9 Å². The van der Waals surface area contributed by atoms with E-state index in [9.17, 15) is 9.59 Å². The van der Waals surface area contributed by atoms with Crippen molar-refractivity contribution in [3.8, 4) is 10.7 Å². The fourth-order valence-electron chi connectivity index (χ4n) is 3.06. The number of thiophene rings is 1. The molecule has 158 valence electrons. The van der Waals surface area contributed by atoms with Gasteiger partial charge in [-0.3, -0.25) is 19.3 Å². The molecule has 1 unspecified atom stereocenters. The molecule has 0 aliphatic heterocycles. The molecule has 1 aromatic carbocycles. The number of carbonyl (C=O) groups is 2. The molecular weight excluding hydrogens is 442 g/mol. The van der Waals surface area contributed by atoms with Gasteiger partial charge >= 0.3 is 0 Å². The molecule has 2 amide bonds. The third-order valence-electron chi connectivity index (χ3n) is 4.73. The number of nitrogens with zero attached hydrogens (tertiary/aromatic N) is 3. The smallest absolute Gasteiger partial charge is 0.255 e. The number of carbonyl (C=O) groups excluding carboxylic acids is 2. The summed E-state index contributed by atoms with van der Waals surface area (Å²) in [5.74, 6) is 0.196. The predicted molar refractivity (Wildman–Crippen MR) is 123 cm³/mol. The number of rotatable bonds is 7. The van der Waals surface area contributed by atoms with Gasteiger partial charge in [0.2, 0.25) is 5.91 Å². The van der Waals surface area contributed by atoms with Crippen molar-refractivity contribution in [3.05, 3.63) is 51.1 Å². The summed E-state index contributed by atoms with van der Waals surface area (Å²) in [5, 5.41) is 12.1. The van der Waals surface area contributed by atoms with Crippen LogP contribution in [0.25, 0.3) is 10.7 Å². The van der Waals surface area contributed by atoms with E-state index in [1.54, 1.807) is 34.6 Å². The zero-order valence-electron chi connectivity index (χ0n) is 16.8. The van der Waals surface area contributed by atoms with Gasteiger partial charge < -0.3 is 10.2 Å². The van der Waals surface area contributed by atoms with E-state index in [2.05, 4.69) is 15.5 Å². The molecule has 10 heteroatoms. The maximum Gasteiger partial charge on any atom is 0.255 e. The number of nitrogens with one attached hydrogen (secondary N) is 2. The van der Waals surface area contributed by atoms with E-state index in [-0.39, 0.29) is 16.8 Å². The first kappa shape index (κ1) is 22.2. The maximum atomic E-state index is 12.9. The second-order valence-corrected chi connectivity index (χ2v) is 8.28. The Morgan fingerprint density at radius 3 is 2.67 bits per heavy atom. The van der Waals surface area contributed by atoms with Crippen molar-refractivity contribution in [1.29, 1.82) is 0 Å². The minimum atomic E-state index is -0.607. The van der Waals surface area contributed by atoms with Crippen LogP contribution in [0.15, 0.2) is 35.7 Å². The van der Waals surface area contributed by atoms with Gasteiger partial charge in [0, 0.05) is 18.8 Å². The molecule has 30 heavy (non-hydrogen) atoms. The minimum Gasteiger partial charge on any atom is -0.339 e. The summed E-state index contributed by atoms with van der Waals surface area (Å²) in [6.45, 7) is 6.77. The number of hydrogen-bond acceptors (Lipinski definition) is 5. The summed E-state index contributed by atoms with van der Waals surface area (Å²) >= 11 is 13.2. The van der Waals surface area contributed by atoms with Crippen molar-refractivity contribution in [2.75, 3.05) is 18.4 Å². The number of aromatic nitrogens is 3. The molecule has 7 nitrogen and oxygen atoms in total.